The number of aliphatic hydroxyl groups is 1. The van der Waals surface area contributed by atoms with Crippen LogP contribution in [0.2, 0.25) is 0 Å². The molecule has 6 N–H and O–H groups in total. The first-order valence-corrected chi connectivity index (χ1v) is 40.1. The highest BCUT2D eigenvalue weighted by Gasteiger charge is 2.47. The van der Waals surface area contributed by atoms with Crippen molar-refractivity contribution < 1.29 is 79.8 Å². The van der Waals surface area contributed by atoms with E-state index in [9.17, 15) is 33.4 Å². The van der Waals surface area contributed by atoms with Crippen LogP contribution in [-0.2, 0) is 62.7 Å². The predicted octanol–water partition coefficient (Wildman–Crippen LogP) is 14.1. The Morgan fingerprint density at radius 2 is 0.821 bits per heavy atom. The summed E-state index contributed by atoms with van der Waals surface area (Å²) in [6.45, 7) is 6.51. The van der Waals surface area contributed by atoms with Crippen LogP contribution in [0.4, 0.5) is 11.6 Å². The van der Waals surface area contributed by atoms with Gasteiger partial charge in [-0.1, -0.05) is 214 Å². The monoisotopic (exact) mass is 1630 g/mol. The number of nitrogens with two attached hydrogens (primary N) is 1. The number of nitrogens with zero attached hydrogens (tertiary/aromatic N) is 4. The summed E-state index contributed by atoms with van der Waals surface area (Å²) < 4.78 is 93.9. The summed E-state index contributed by atoms with van der Waals surface area (Å²) >= 11 is 0. The van der Waals surface area contributed by atoms with Crippen LogP contribution >= 0.6 is 16.0 Å². The number of ether oxygens (including phenoxy) is 8. The molecule has 3 unspecified atom stereocenters. The number of aliphatic hydroxyl groups excluding tert-OH is 1. The summed E-state index contributed by atoms with van der Waals surface area (Å²) in [5.74, 6) is 2.06. The molecule has 0 amide bonds. The first-order valence-electron chi connectivity index (χ1n) is 37.5. The van der Waals surface area contributed by atoms with Crippen LogP contribution < -0.4 is 55.9 Å². The van der Waals surface area contributed by atoms with E-state index in [0.29, 0.717) is 28.9 Å². The summed E-state index contributed by atoms with van der Waals surface area (Å²) in [5.41, 5.74) is 7.85. The zero-order chi connectivity index (χ0) is 83.5. The molecule has 9 aromatic carbocycles. The van der Waals surface area contributed by atoms with Crippen molar-refractivity contribution in [1.82, 2.24) is 24.2 Å². The van der Waals surface area contributed by atoms with Crippen LogP contribution in [0, 0.1) is 11.8 Å². The van der Waals surface area contributed by atoms with Crippen molar-refractivity contribution in [3.05, 3.63) is 340 Å². The van der Waals surface area contributed by atoms with Crippen LogP contribution in [0.5, 0.6) is 28.7 Å². The first kappa shape index (κ1) is 87.7. The van der Waals surface area contributed by atoms with E-state index >= 15 is 0 Å². The third kappa shape index (κ3) is 22.1. The van der Waals surface area contributed by atoms with Gasteiger partial charge in [-0.25, -0.2) is 23.2 Å². The van der Waals surface area contributed by atoms with E-state index < -0.39 is 93.4 Å². The fraction of sp³-hybridized carbons (Fsp3) is 0.273. The minimum absolute atomic E-state index is 0.0893. The standard InChI is InChI=1S/C41H45N4O9P.C31H33N3O5.C12H10O3P.C4H9NO2/c1-28-35(27-52-55(48,44-29(2)39(46)51-5)54-34-19-13-8-14-20-34)53-38(37(28)50-4)45-26-25-36(42-40(45)47)43-41(30-15-9-6-10-16-30,31-17-11-7-12-18-31)32-21-23-33(49-3)24-22-32;1-21-26(20-35)39-29(28(21)38-3)34-19-18-27(32-30(34)36)33-31(22-10-6-4-7-11-22,23-12-8-5-9-13-23)24-14-16-25(37-2)17-15-24;13-16(14-11-7-3-1-4-8-11)15-12-9-5-2-6-10-12;1-3(5)4(6)7-2/h6-26,28-29,35,37-38H,27H2,1-5H3,(H,44,48)(H,42,43,47);4-19,21,26,28-29,35H,20H2,1-3H3,(H,32,33,36);1-10H;3H,5H2,1-2H3/q;;+1;/t28-,29-,35+,37?,38+,55?;21-,26+,28?,29+;;3-/m00.0/s1. The maximum atomic E-state index is 14.0. The highest BCUT2D eigenvalue weighted by Crippen LogP contribution is 2.48. The van der Waals surface area contributed by atoms with Crippen LogP contribution in [0.25, 0.3) is 0 Å². The molecule has 4 heterocycles. The molecule has 2 aromatic heterocycles. The van der Waals surface area contributed by atoms with Crippen molar-refractivity contribution in [1.29, 1.82) is 0 Å². The Labute approximate surface area is 680 Å². The highest BCUT2D eigenvalue weighted by molar-refractivity contribution is 7.52. The molecule has 612 valence electrons. The Bertz CT molecular complexity index is 4980. The molecule has 2 saturated heterocycles. The van der Waals surface area contributed by atoms with Crippen molar-refractivity contribution >= 4 is 39.6 Å². The Hall–Kier alpha value is -11.7. The van der Waals surface area contributed by atoms with Gasteiger partial charge in [0.15, 0.2) is 24.0 Å². The summed E-state index contributed by atoms with van der Waals surface area (Å²) in [7, 11) is 2.57. The van der Waals surface area contributed by atoms with Gasteiger partial charge in [-0.2, -0.15) is 15.1 Å². The molecule has 11 atom stereocenters. The van der Waals surface area contributed by atoms with E-state index in [-0.39, 0.29) is 36.8 Å². The largest absolute Gasteiger partial charge is 0.805 e. The number of methoxy groups -OCH3 is 6. The summed E-state index contributed by atoms with van der Waals surface area (Å²) in [4.78, 5) is 58.6. The van der Waals surface area contributed by atoms with Crippen molar-refractivity contribution in [3.8, 4) is 28.7 Å². The minimum Gasteiger partial charge on any atom is -0.497 e. The second kappa shape index (κ2) is 42.2. The van der Waals surface area contributed by atoms with E-state index in [4.69, 9.17) is 57.0 Å². The number of nitrogens with one attached hydrogen (secondary N) is 3. The number of hydrogen-bond donors (Lipinski definition) is 5. The van der Waals surface area contributed by atoms with Gasteiger partial charge >= 0.3 is 39.3 Å². The number of aromatic nitrogens is 4. The average Bonchev–Trinajstić information content (AvgIpc) is 0.895. The Kier molecular flexibility index (Phi) is 31.7. The van der Waals surface area contributed by atoms with E-state index in [1.807, 2.05) is 172 Å². The van der Waals surface area contributed by atoms with Crippen LogP contribution in [0.15, 0.2) is 295 Å². The van der Waals surface area contributed by atoms with Gasteiger partial charge in [0.25, 0.3) is 0 Å². The third-order valence-electron chi connectivity index (χ3n) is 19.5. The van der Waals surface area contributed by atoms with Gasteiger partial charge in [-0.3, -0.25) is 23.2 Å². The maximum Gasteiger partial charge on any atom is 0.805 e. The summed E-state index contributed by atoms with van der Waals surface area (Å²) in [6, 6.07) is 83.9. The Morgan fingerprint density at radius 1 is 0.487 bits per heavy atom. The molecule has 0 saturated carbocycles. The van der Waals surface area contributed by atoms with E-state index in [2.05, 4.69) is 54.7 Å². The van der Waals surface area contributed by atoms with Crippen LogP contribution in [-0.4, -0.2) is 129 Å². The number of esters is 2. The third-order valence-corrected chi connectivity index (χ3v) is 21.9. The van der Waals surface area contributed by atoms with Crippen LogP contribution in [0.3, 0.4) is 0 Å². The molecular formula is C88H97N8O19P2+. The quantitative estimate of drug-likeness (QED) is 0.0159. The van der Waals surface area contributed by atoms with Crippen molar-refractivity contribution in [3.63, 3.8) is 0 Å². The van der Waals surface area contributed by atoms with Crippen molar-refractivity contribution in [2.45, 2.75) is 87.7 Å². The number of anilines is 2. The zero-order valence-electron chi connectivity index (χ0n) is 66.4. The summed E-state index contributed by atoms with van der Waals surface area (Å²) in [6.07, 6.45) is -0.426. The van der Waals surface area contributed by atoms with Crippen molar-refractivity contribution in [2.24, 2.45) is 17.6 Å². The molecule has 0 radical (unpaired) electrons. The average molecular weight is 1630 g/mol. The van der Waals surface area contributed by atoms with Gasteiger partial charge in [-0.15, -0.1) is 0 Å². The molecule has 0 spiro atoms. The van der Waals surface area contributed by atoms with E-state index in [1.54, 1.807) is 132 Å². The highest BCUT2D eigenvalue weighted by atomic mass is 31.2. The molecular weight excluding hydrogens is 1530 g/mol. The number of rotatable bonds is 30. The SMILES string of the molecule is COC(=O)[C@H](C)N.COC(=O)[C@H](C)NP(=O)(OC[C@H]1O[C@@H](n2ccc(NC(c3ccccc3)(c3ccccc3)c3ccc(OC)cc3)nc2=O)C(OC)[C@H]1C)Oc1ccccc1.COc1ccc(C(Nc2ccn([C@@H]3O[C@H](CO)[C@H](C)C3OC)c(=O)n2)(c2ccccc2)c2ccccc2)cc1.O=[P+](Oc1ccccc1)Oc1ccccc1. The van der Waals surface area contributed by atoms with Gasteiger partial charge in [0.1, 0.15) is 64.3 Å². The van der Waals surface area contributed by atoms with Gasteiger partial charge in [-0.05, 0) is 120 Å². The molecule has 13 rings (SSSR count). The van der Waals surface area contributed by atoms with Gasteiger partial charge in [0.05, 0.1) is 53.9 Å². The lowest BCUT2D eigenvalue weighted by atomic mass is 9.77. The molecule has 2 fully saturated rings. The molecule has 2 aliphatic rings. The lowest BCUT2D eigenvalue weighted by Gasteiger charge is -2.37. The lowest BCUT2D eigenvalue weighted by molar-refractivity contribution is -0.142. The maximum absolute atomic E-state index is 14.0. The predicted molar refractivity (Wildman–Crippen MR) is 443 cm³/mol. The second-order valence-electron chi connectivity index (χ2n) is 27.0. The topological polar surface area (TPSA) is 331 Å². The van der Waals surface area contributed by atoms with Gasteiger partial charge in [0, 0.05) is 43.0 Å². The molecule has 117 heavy (non-hydrogen) atoms. The fourth-order valence-corrected chi connectivity index (χ4v) is 15.6. The normalized spacial score (nSPS) is 18.4. The Morgan fingerprint density at radius 3 is 1.14 bits per heavy atom. The fourth-order valence-electron chi connectivity index (χ4n) is 13.5. The number of carbonyl (C=O) groups is 2. The number of hydrogen-bond acceptors (Lipinski definition) is 24. The minimum atomic E-state index is -4.15. The Balaban J connectivity index is 0.000000200. The number of para-hydroxylation sites is 3. The van der Waals surface area contributed by atoms with Gasteiger partial charge in [0.2, 0.25) is 0 Å². The van der Waals surface area contributed by atoms with Crippen LogP contribution in [0.1, 0.15) is 73.5 Å². The molecule has 0 bridgehead atoms. The lowest BCUT2D eigenvalue weighted by Crippen LogP contribution is -2.40. The number of carbonyl (C=O) groups excluding carboxylic acids is 2. The molecule has 11 aromatic rings. The smallest absolute Gasteiger partial charge is 0.497 e. The number of benzene rings is 9. The molecule has 29 heteroatoms. The van der Waals surface area contributed by atoms with Gasteiger partial charge < -0.3 is 63.9 Å². The molecule has 0 aliphatic carbocycles. The van der Waals surface area contributed by atoms with E-state index in [1.165, 1.54) is 37.4 Å². The van der Waals surface area contributed by atoms with Crippen molar-refractivity contribution in [2.75, 3.05) is 66.5 Å². The van der Waals surface area contributed by atoms with E-state index in [0.717, 1.165) is 39.1 Å². The second-order valence-corrected chi connectivity index (χ2v) is 29.5. The summed E-state index contributed by atoms with van der Waals surface area (Å²) in [5, 5.41) is 19.6. The molecule has 2 aliphatic heterocycles. The molecule has 27 nitrogen and oxygen atoms in total. The zero-order valence-corrected chi connectivity index (χ0v) is 68.2. The first-order chi connectivity index (χ1) is 56.6.